The molecule has 4 nitrogen and oxygen atoms in total. The maximum atomic E-state index is 11.4. The van der Waals surface area contributed by atoms with Gasteiger partial charge in [0.1, 0.15) is 11.6 Å². The third kappa shape index (κ3) is 3.27. The van der Waals surface area contributed by atoms with E-state index in [-0.39, 0.29) is 18.1 Å². The minimum atomic E-state index is -0.889. The van der Waals surface area contributed by atoms with Gasteiger partial charge in [0.2, 0.25) is 0 Å². The van der Waals surface area contributed by atoms with Gasteiger partial charge in [0, 0.05) is 6.04 Å². The van der Waals surface area contributed by atoms with Crippen LogP contribution in [0.5, 0.6) is 0 Å². The van der Waals surface area contributed by atoms with Gasteiger partial charge in [-0.3, -0.25) is 4.79 Å². The lowest BCUT2D eigenvalue weighted by Crippen LogP contribution is -2.45. The van der Waals surface area contributed by atoms with Crippen LogP contribution in [0.1, 0.15) is 39.5 Å². The van der Waals surface area contributed by atoms with Crippen molar-refractivity contribution < 1.29 is 9.53 Å². The van der Waals surface area contributed by atoms with Crippen molar-refractivity contribution in [2.75, 3.05) is 0 Å². The van der Waals surface area contributed by atoms with Gasteiger partial charge in [0.05, 0.1) is 0 Å². The molecular weight excluding hydrogens is 180 g/mol. The normalized spacial score (nSPS) is 28.6. The predicted molar refractivity (Wildman–Crippen MR) is 54.6 cm³/mol. The number of carbonyl (C=O) groups is 1. The SMILES string of the molecule is CC(C)(N)C(=O)OC1CCC(N)CC1. The van der Waals surface area contributed by atoms with E-state index in [1.165, 1.54) is 0 Å². The van der Waals surface area contributed by atoms with E-state index in [0.29, 0.717) is 0 Å². The summed E-state index contributed by atoms with van der Waals surface area (Å²) in [6, 6.07) is 0.274. The second kappa shape index (κ2) is 4.28. The van der Waals surface area contributed by atoms with Crippen molar-refractivity contribution in [1.82, 2.24) is 0 Å². The first-order chi connectivity index (χ1) is 6.39. The minimum absolute atomic E-state index is 0.0186. The zero-order chi connectivity index (χ0) is 10.8. The first-order valence-electron chi connectivity index (χ1n) is 5.15. The van der Waals surface area contributed by atoms with Crippen molar-refractivity contribution in [3.05, 3.63) is 0 Å². The van der Waals surface area contributed by atoms with Crippen LogP contribution in [-0.2, 0) is 9.53 Å². The Balaban J connectivity index is 2.35. The van der Waals surface area contributed by atoms with Crippen molar-refractivity contribution >= 4 is 5.97 Å². The van der Waals surface area contributed by atoms with Crippen LogP contribution in [0.2, 0.25) is 0 Å². The zero-order valence-corrected chi connectivity index (χ0v) is 8.95. The molecule has 0 aliphatic heterocycles. The Labute approximate surface area is 85.0 Å². The summed E-state index contributed by atoms with van der Waals surface area (Å²) in [4.78, 5) is 11.4. The van der Waals surface area contributed by atoms with Crippen molar-refractivity contribution in [3.63, 3.8) is 0 Å². The van der Waals surface area contributed by atoms with Crippen LogP contribution in [0, 0.1) is 0 Å². The lowest BCUT2D eigenvalue weighted by Gasteiger charge is -2.28. The van der Waals surface area contributed by atoms with Crippen molar-refractivity contribution in [1.29, 1.82) is 0 Å². The maximum absolute atomic E-state index is 11.4. The molecule has 0 bridgehead atoms. The molecule has 0 aromatic heterocycles. The second-order valence-corrected chi connectivity index (χ2v) is 4.66. The van der Waals surface area contributed by atoms with Gasteiger partial charge in [-0.15, -0.1) is 0 Å². The first kappa shape index (κ1) is 11.5. The molecular formula is C10H20N2O2. The monoisotopic (exact) mass is 200 g/mol. The number of hydrogen-bond donors (Lipinski definition) is 2. The number of esters is 1. The Bertz CT molecular complexity index is 203. The third-order valence-electron chi connectivity index (χ3n) is 2.52. The molecule has 1 aliphatic rings. The summed E-state index contributed by atoms with van der Waals surface area (Å²) < 4.78 is 5.28. The van der Waals surface area contributed by atoms with Crippen LogP contribution in [0.3, 0.4) is 0 Å². The molecule has 0 amide bonds. The second-order valence-electron chi connectivity index (χ2n) is 4.66. The highest BCUT2D eigenvalue weighted by molar-refractivity contribution is 5.79. The molecule has 82 valence electrons. The number of rotatable bonds is 2. The van der Waals surface area contributed by atoms with Crippen LogP contribution < -0.4 is 11.5 Å². The molecule has 0 atom stereocenters. The van der Waals surface area contributed by atoms with E-state index < -0.39 is 5.54 Å². The lowest BCUT2D eigenvalue weighted by atomic mass is 9.93. The quantitative estimate of drug-likeness (QED) is 0.638. The lowest BCUT2D eigenvalue weighted by molar-refractivity contribution is -0.155. The van der Waals surface area contributed by atoms with Crippen LogP contribution in [-0.4, -0.2) is 23.7 Å². The molecule has 1 rings (SSSR count). The van der Waals surface area contributed by atoms with Crippen LogP contribution in [0.15, 0.2) is 0 Å². The van der Waals surface area contributed by atoms with Crippen LogP contribution in [0.4, 0.5) is 0 Å². The van der Waals surface area contributed by atoms with Gasteiger partial charge in [0.15, 0.2) is 0 Å². The topological polar surface area (TPSA) is 78.3 Å². The fourth-order valence-corrected chi connectivity index (χ4v) is 1.51. The molecule has 1 saturated carbocycles. The number of nitrogens with two attached hydrogens (primary N) is 2. The minimum Gasteiger partial charge on any atom is -0.461 e. The summed E-state index contributed by atoms with van der Waals surface area (Å²) in [6.45, 7) is 3.31. The Morgan fingerprint density at radius 1 is 1.29 bits per heavy atom. The van der Waals surface area contributed by atoms with Gasteiger partial charge in [-0.05, 0) is 39.5 Å². The van der Waals surface area contributed by atoms with E-state index in [9.17, 15) is 4.79 Å². The van der Waals surface area contributed by atoms with Gasteiger partial charge in [-0.2, -0.15) is 0 Å². The summed E-state index contributed by atoms with van der Waals surface area (Å²) in [6.07, 6.45) is 3.61. The zero-order valence-electron chi connectivity index (χ0n) is 8.95. The predicted octanol–water partition coefficient (Wildman–Crippen LogP) is 0.537. The summed E-state index contributed by atoms with van der Waals surface area (Å²) in [5.74, 6) is -0.321. The number of ether oxygens (including phenoxy) is 1. The summed E-state index contributed by atoms with van der Waals surface area (Å²) in [5.41, 5.74) is 10.5. The van der Waals surface area contributed by atoms with Gasteiger partial charge >= 0.3 is 5.97 Å². The van der Waals surface area contributed by atoms with Crippen molar-refractivity contribution in [2.24, 2.45) is 11.5 Å². The summed E-state index contributed by atoms with van der Waals surface area (Å²) >= 11 is 0. The van der Waals surface area contributed by atoms with Gasteiger partial charge in [-0.25, -0.2) is 0 Å². The van der Waals surface area contributed by atoms with Crippen molar-refractivity contribution in [3.8, 4) is 0 Å². The number of carbonyl (C=O) groups excluding carboxylic acids is 1. The smallest absolute Gasteiger partial charge is 0.325 e. The average molecular weight is 200 g/mol. The van der Waals surface area contributed by atoms with Gasteiger partial charge in [0.25, 0.3) is 0 Å². The molecule has 0 heterocycles. The van der Waals surface area contributed by atoms with E-state index in [1.54, 1.807) is 13.8 Å². The first-order valence-corrected chi connectivity index (χ1v) is 5.15. The molecule has 0 aromatic rings. The highest BCUT2D eigenvalue weighted by atomic mass is 16.5. The van der Waals surface area contributed by atoms with Gasteiger partial charge in [-0.1, -0.05) is 0 Å². The molecule has 0 unspecified atom stereocenters. The molecule has 0 aromatic carbocycles. The molecule has 1 fully saturated rings. The summed E-state index contributed by atoms with van der Waals surface area (Å²) in [5, 5.41) is 0. The fraction of sp³-hybridized carbons (Fsp3) is 0.900. The molecule has 4 heteroatoms. The van der Waals surface area contributed by atoms with Gasteiger partial charge < -0.3 is 16.2 Å². The number of hydrogen-bond acceptors (Lipinski definition) is 4. The maximum Gasteiger partial charge on any atom is 0.325 e. The standard InChI is InChI=1S/C10H20N2O2/c1-10(2,12)9(13)14-8-5-3-7(11)4-6-8/h7-8H,3-6,11-12H2,1-2H3. The summed E-state index contributed by atoms with van der Waals surface area (Å²) in [7, 11) is 0. The largest absolute Gasteiger partial charge is 0.461 e. The average Bonchev–Trinajstić information content (AvgIpc) is 2.07. The van der Waals surface area contributed by atoms with Crippen LogP contribution >= 0.6 is 0 Å². The third-order valence-corrected chi connectivity index (χ3v) is 2.52. The molecule has 0 radical (unpaired) electrons. The molecule has 1 aliphatic carbocycles. The Hall–Kier alpha value is -0.610. The van der Waals surface area contributed by atoms with E-state index in [2.05, 4.69) is 0 Å². The highest BCUT2D eigenvalue weighted by Crippen LogP contribution is 2.21. The highest BCUT2D eigenvalue weighted by Gasteiger charge is 2.28. The molecule has 4 N–H and O–H groups in total. The Morgan fingerprint density at radius 2 is 1.79 bits per heavy atom. The van der Waals surface area contributed by atoms with Crippen molar-refractivity contribution in [2.45, 2.75) is 57.2 Å². The fourth-order valence-electron chi connectivity index (χ4n) is 1.51. The Morgan fingerprint density at radius 3 is 2.21 bits per heavy atom. The van der Waals surface area contributed by atoms with E-state index in [0.717, 1.165) is 25.7 Å². The van der Waals surface area contributed by atoms with E-state index in [1.807, 2.05) is 0 Å². The Kier molecular flexibility index (Phi) is 3.50. The molecule has 14 heavy (non-hydrogen) atoms. The van der Waals surface area contributed by atoms with Crippen LogP contribution in [0.25, 0.3) is 0 Å². The molecule has 0 spiro atoms. The molecule has 0 saturated heterocycles. The van der Waals surface area contributed by atoms with E-state index >= 15 is 0 Å². The van der Waals surface area contributed by atoms with E-state index in [4.69, 9.17) is 16.2 Å².